The summed E-state index contributed by atoms with van der Waals surface area (Å²) in [6.07, 6.45) is 3.24. The van der Waals surface area contributed by atoms with E-state index in [0.717, 1.165) is 25.6 Å². The Kier molecular flexibility index (Phi) is 4.98. The lowest BCUT2D eigenvalue weighted by atomic mass is 10.3. The van der Waals surface area contributed by atoms with Crippen LogP contribution in [-0.4, -0.2) is 39.0 Å². The van der Waals surface area contributed by atoms with Crippen molar-refractivity contribution in [2.45, 2.75) is 26.7 Å². The summed E-state index contributed by atoms with van der Waals surface area (Å²) in [5.74, 6) is 0.552. The van der Waals surface area contributed by atoms with Crippen LogP contribution in [0.4, 0.5) is 0 Å². The SMILES string of the molecule is CCCCN(C)/C(C)=N\S(C)(=O)=O. The quantitative estimate of drug-likeness (QED) is 0.511. The fraction of sp³-hybridized carbons (Fsp3) is 0.875. The van der Waals surface area contributed by atoms with E-state index in [2.05, 4.69) is 11.3 Å². The van der Waals surface area contributed by atoms with Crippen molar-refractivity contribution in [2.75, 3.05) is 19.8 Å². The first-order chi connectivity index (χ1) is 5.87. The normalized spacial score (nSPS) is 13.1. The minimum absolute atomic E-state index is 0.552. The van der Waals surface area contributed by atoms with Crippen molar-refractivity contribution in [1.82, 2.24) is 4.90 Å². The molecule has 0 saturated carbocycles. The van der Waals surface area contributed by atoms with Gasteiger partial charge >= 0.3 is 0 Å². The molecule has 0 aliphatic carbocycles. The summed E-state index contributed by atoms with van der Waals surface area (Å²) in [5.41, 5.74) is 0. The minimum Gasteiger partial charge on any atom is -0.363 e. The van der Waals surface area contributed by atoms with Crippen LogP contribution in [0.5, 0.6) is 0 Å². The molecule has 0 unspecified atom stereocenters. The summed E-state index contributed by atoms with van der Waals surface area (Å²) < 4.78 is 25.2. The average Bonchev–Trinajstić information content (AvgIpc) is 1.96. The zero-order valence-corrected chi connectivity index (χ0v) is 9.56. The Morgan fingerprint density at radius 3 is 2.38 bits per heavy atom. The van der Waals surface area contributed by atoms with Crippen LogP contribution in [0.15, 0.2) is 4.40 Å². The topological polar surface area (TPSA) is 49.7 Å². The zero-order valence-electron chi connectivity index (χ0n) is 8.74. The number of sulfonamides is 1. The van der Waals surface area contributed by atoms with E-state index in [1.807, 2.05) is 11.9 Å². The molecule has 0 aromatic rings. The smallest absolute Gasteiger partial charge is 0.251 e. The molecule has 5 heteroatoms. The van der Waals surface area contributed by atoms with E-state index in [1.165, 1.54) is 0 Å². The molecule has 0 aromatic carbocycles. The molecule has 0 amide bonds. The number of hydrogen-bond donors (Lipinski definition) is 0. The lowest BCUT2D eigenvalue weighted by Crippen LogP contribution is -2.26. The number of rotatable bonds is 4. The van der Waals surface area contributed by atoms with Crippen molar-refractivity contribution < 1.29 is 8.42 Å². The van der Waals surface area contributed by atoms with Gasteiger partial charge in [-0.15, -0.1) is 0 Å². The molecule has 0 aliphatic rings. The maximum absolute atomic E-state index is 10.8. The average molecular weight is 206 g/mol. The van der Waals surface area contributed by atoms with Crippen LogP contribution in [0.25, 0.3) is 0 Å². The van der Waals surface area contributed by atoms with Gasteiger partial charge in [-0.3, -0.25) is 0 Å². The Labute approximate surface area is 80.7 Å². The van der Waals surface area contributed by atoms with Crippen molar-refractivity contribution in [3.63, 3.8) is 0 Å². The van der Waals surface area contributed by atoms with Crippen LogP contribution < -0.4 is 0 Å². The summed E-state index contributed by atoms with van der Waals surface area (Å²) >= 11 is 0. The molecule has 0 radical (unpaired) electrons. The molecule has 4 nitrogen and oxygen atoms in total. The highest BCUT2D eigenvalue weighted by Gasteiger charge is 2.03. The predicted molar refractivity (Wildman–Crippen MR) is 55.5 cm³/mol. The van der Waals surface area contributed by atoms with E-state index in [9.17, 15) is 8.42 Å². The third kappa shape index (κ3) is 6.57. The second-order valence-electron chi connectivity index (χ2n) is 3.15. The third-order valence-electron chi connectivity index (χ3n) is 1.70. The first-order valence-electron chi connectivity index (χ1n) is 4.34. The Morgan fingerprint density at radius 1 is 1.46 bits per heavy atom. The molecule has 0 saturated heterocycles. The maximum Gasteiger partial charge on any atom is 0.251 e. The van der Waals surface area contributed by atoms with Gasteiger partial charge in [0.1, 0.15) is 5.84 Å². The number of amidine groups is 1. The molecule has 0 N–H and O–H groups in total. The van der Waals surface area contributed by atoms with Crippen molar-refractivity contribution in [3.05, 3.63) is 0 Å². The molecule has 0 heterocycles. The van der Waals surface area contributed by atoms with Gasteiger partial charge in [0.25, 0.3) is 10.0 Å². The molecule has 0 aliphatic heterocycles. The maximum atomic E-state index is 10.8. The lowest BCUT2D eigenvalue weighted by Gasteiger charge is -2.17. The van der Waals surface area contributed by atoms with Gasteiger partial charge in [-0.1, -0.05) is 13.3 Å². The van der Waals surface area contributed by atoms with Gasteiger partial charge in [0, 0.05) is 13.6 Å². The van der Waals surface area contributed by atoms with Gasteiger partial charge in [-0.05, 0) is 13.3 Å². The summed E-state index contributed by atoms with van der Waals surface area (Å²) in [5, 5.41) is 0. The van der Waals surface area contributed by atoms with E-state index >= 15 is 0 Å². The van der Waals surface area contributed by atoms with E-state index in [1.54, 1.807) is 6.92 Å². The monoisotopic (exact) mass is 206 g/mol. The largest absolute Gasteiger partial charge is 0.363 e. The van der Waals surface area contributed by atoms with Gasteiger partial charge in [0.15, 0.2) is 0 Å². The molecule has 0 bridgehead atoms. The molecule has 0 fully saturated rings. The zero-order chi connectivity index (χ0) is 10.5. The van der Waals surface area contributed by atoms with Crippen LogP contribution in [-0.2, 0) is 10.0 Å². The van der Waals surface area contributed by atoms with Crippen LogP contribution in [0.1, 0.15) is 26.7 Å². The van der Waals surface area contributed by atoms with E-state index < -0.39 is 10.0 Å². The predicted octanol–water partition coefficient (Wildman–Crippen LogP) is 1.10. The number of nitrogens with zero attached hydrogens (tertiary/aromatic N) is 2. The first kappa shape index (κ1) is 12.4. The Bertz CT molecular complexity index is 270. The number of unbranched alkanes of at least 4 members (excludes halogenated alkanes) is 1. The van der Waals surface area contributed by atoms with Crippen LogP contribution in [0, 0.1) is 0 Å². The van der Waals surface area contributed by atoms with E-state index in [-0.39, 0.29) is 0 Å². The molecule has 0 aromatic heterocycles. The summed E-state index contributed by atoms with van der Waals surface area (Å²) in [4.78, 5) is 1.85. The first-order valence-corrected chi connectivity index (χ1v) is 6.19. The fourth-order valence-corrected chi connectivity index (χ4v) is 1.49. The molecule has 0 spiro atoms. The highest BCUT2D eigenvalue weighted by Crippen LogP contribution is 1.96. The lowest BCUT2D eigenvalue weighted by molar-refractivity contribution is 0.482. The molecular weight excluding hydrogens is 188 g/mol. The minimum atomic E-state index is -3.25. The summed E-state index contributed by atoms with van der Waals surface area (Å²) in [6, 6.07) is 0. The highest BCUT2D eigenvalue weighted by atomic mass is 32.2. The third-order valence-corrected chi connectivity index (χ3v) is 2.29. The van der Waals surface area contributed by atoms with Crippen molar-refractivity contribution in [3.8, 4) is 0 Å². The Morgan fingerprint density at radius 2 is 2.00 bits per heavy atom. The summed E-state index contributed by atoms with van der Waals surface area (Å²) in [7, 11) is -1.40. The van der Waals surface area contributed by atoms with Crippen LogP contribution in [0.3, 0.4) is 0 Å². The Hall–Kier alpha value is -0.580. The van der Waals surface area contributed by atoms with Crippen LogP contribution >= 0.6 is 0 Å². The van der Waals surface area contributed by atoms with Gasteiger partial charge in [0.05, 0.1) is 6.26 Å². The van der Waals surface area contributed by atoms with Gasteiger partial charge in [0.2, 0.25) is 0 Å². The summed E-state index contributed by atoms with van der Waals surface area (Å²) in [6.45, 7) is 4.65. The van der Waals surface area contributed by atoms with Crippen LogP contribution in [0.2, 0.25) is 0 Å². The van der Waals surface area contributed by atoms with E-state index in [0.29, 0.717) is 5.84 Å². The van der Waals surface area contributed by atoms with Crippen molar-refractivity contribution in [2.24, 2.45) is 4.40 Å². The second kappa shape index (κ2) is 5.21. The molecular formula is C8H18N2O2S. The Balaban J connectivity index is 4.25. The van der Waals surface area contributed by atoms with E-state index in [4.69, 9.17) is 0 Å². The standard InChI is InChI=1S/C8H18N2O2S/c1-5-6-7-10(3)8(2)9-13(4,11)12/h5-7H2,1-4H3/b9-8-. The van der Waals surface area contributed by atoms with Gasteiger partial charge in [-0.25, -0.2) is 8.42 Å². The molecule has 0 atom stereocenters. The molecule has 13 heavy (non-hydrogen) atoms. The second-order valence-corrected chi connectivity index (χ2v) is 4.80. The van der Waals surface area contributed by atoms with Crippen molar-refractivity contribution >= 4 is 15.9 Å². The fourth-order valence-electron chi connectivity index (χ4n) is 0.867. The molecule has 78 valence electrons. The highest BCUT2D eigenvalue weighted by molar-refractivity contribution is 7.89. The van der Waals surface area contributed by atoms with Gasteiger partial charge < -0.3 is 4.90 Å². The molecule has 0 rings (SSSR count). The van der Waals surface area contributed by atoms with Gasteiger partial charge in [-0.2, -0.15) is 4.40 Å². The number of hydrogen-bond acceptors (Lipinski definition) is 2. The van der Waals surface area contributed by atoms with Crippen molar-refractivity contribution in [1.29, 1.82) is 0 Å².